The van der Waals surface area contributed by atoms with E-state index in [-0.39, 0.29) is 5.91 Å². The first-order chi connectivity index (χ1) is 15.6. The monoisotopic (exact) mass is 422 g/mol. The fourth-order valence-electron chi connectivity index (χ4n) is 4.87. The third-order valence-electron chi connectivity index (χ3n) is 6.64. The summed E-state index contributed by atoms with van der Waals surface area (Å²) >= 11 is 0. The standard InChI is InChI=1S/C18H16.C10H10N2O2/c1-3-7-15-13(5-1)9-11-18-16-8-4-2-6-14(16)10-12-17(15)18;1-10(7-5-3-2-4-6-7)8(13)11-9(14)12-10/h1,3,5-7,9-10,12H,2,4,8,11H2;2-6H,1H3,(H2,11,12,13,14). The lowest BCUT2D eigenvalue weighted by Crippen LogP contribution is -2.40. The molecule has 32 heavy (non-hydrogen) atoms. The zero-order valence-corrected chi connectivity index (χ0v) is 18.2. The van der Waals surface area contributed by atoms with Crippen molar-refractivity contribution in [3.05, 3.63) is 104 Å². The number of fused-ring (bicyclic) bond motifs is 4. The molecule has 4 nitrogen and oxygen atoms in total. The minimum atomic E-state index is -0.932. The Hall–Kier alpha value is -3.66. The van der Waals surface area contributed by atoms with Gasteiger partial charge in [0.05, 0.1) is 0 Å². The number of hydrogen-bond acceptors (Lipinski definition) is 2. The normalized spacial score (nSPS) is 20.2. The van der Waals surface area contributed by atoms with E-state index in [0.717, 1.165) is 12.0 Å². The van der Waals surface area contributed by atoms with E-state index in [9.17, 15) is 9.59 Å². The lowest BCUT2D eigenvalue weighted by molar-refractivity contribution is -0.123. The van der Waals surface area contributed by atoms with Crippen molar-refractivity contribution in [1.29, 1.82) is 0 Å². The van der Waals surface area contributed by atoms with Crippen molar-refractivity contribution in [2.45, 2.75) is 38.1 Å². The Morgan fingerprint density at radius 1 is 0.781 bits per heavy atom. The topological polar surface area (TPSA) is 58.2 Å². The number of carbonyl (C=O) groups is 2. The van der Waals surface area contributed by atoms with Gasteiger partial charge in [-0.3, -0.25) is 10.1 Å². The molecule has 6 rings (SSSR count). The van der Waals surface area contributed by atoms with Crippen LogP contribution in [0.1, 0.15) is 36.5 Å². The summed E-state index contributed by atoms with van der Waals surface area (Å²) < 4.78 is 0. The molecule has 1 heterocycles. The predicted octanol–water partition coefficient (Wildman–Crippen LogP) is 3.17. The number of urea groups is 1. The largest absolute Gasteiger partial charge is 0.322 e. The van der Waals surface area contributed by atoms with E-state index in [0.29, 0.717) is 0 Å². The van der Waals surface area contributed by atoms with Gasteiger partial charge in [-0.05, 0) is 70.2 Å². The number of carbonyl (C=O) groups excluding carboxylic acids is 2. The maximum Gasteiger partial charge on any atom is 0.322 e. The molecule has 1 aliphatic heterocycles. The first-order valence-corrected chi connectivity index (χ1v) is 11.2. The van der Waals surface area contributed by atoms with Crippen LogP contribution in [0.2, 0.25) is 0 Å². The van der Waals surface area contributed by atoms with Crippen LogP contribution in [0, 0.1) is 10.4 Å². The van der Waals surface area contributed by atoms with Gasteiger partial charge in [0.2, 0.25) is 0 Å². The number of rotatable bonds is 1. The van der Waals surface area contributed by atoms with E-state index in [1.165, 1.54) is 40.1 Å². The third kappa shape index (κ3) is 3.52. The number of hydrogen-bond donors (Lipinski definition) is 2. The quantitative estimate of drug-likeness (QED) is 0.592. The second-order valence-electron chi connectivity index (χ2n) is 8.65. The van der Waals surface area contributed by atoms with Gasteiger partial charge in [-0.15, -0.1) is 0 Å². The van der Waals surface area contributed by atoms with E-state index in [1.807, 2.05) is 30.3 Å². The summed E-state index contributed by atoms with van der Waals surface area (Å²) in [6, 6.07) is 22.1. The van der Waals surface area contributed by atoms with Crippen LogP contribution in [-0.2, 0) is 23.2 Å². The smallest absolute Gasteiger partial charge is 0.320 e. The van der Waals surface area contributed by atoms with Crippen molar-refractivity contribution in [3.63, 3.8) is 0 Å². The van der Waals surface area contributed by atoms with Gasteiger partial charge in [0.1, 0.15) is 5.54 Å². The van der Waals surface area contributed by atoms with Gasteiger partial charge in [0, 0.05) is 0 Å². The zero-order valence-electron chi connectivity index (χ0n) is 18.2. The van der Waals surface area contributed by atoms with E-state index < -0.39 is 11.6 Å². The highest BCUT2D eigenvalue weighted by molar-refractivity contribution is 6.07. The van der Waals surface area contributed by atoms with E-state index in [4.69, 9.17) is 0 Å². The van der Waals surface area contributed by atoms with Crippen molar-refractivity contribution in [3.8, 4) is 0 Å². The molecule has 0 aromatic heterocycles. The van der Waals surface area contributed by atoms with Crippen LogP contribution in [0.5, 0.6) is 0 Å². The second-order valence-corrected chi connectivity index (χ2v) is 8.65. The fraction of sp³-hybridized carbons (Fsp3) is 0.214. The van der Waals surface area contributed by atoms with Crippen molar-refractivity contribution >= 4 is 24.1 Å². The van der Waals surface area contributed by atoms with Crippen LogP contribution in [-0.4, -0.2) is 11.9 Å². The molecule has 1 unspecified atom stereocenters. The molecule has 0 saturated carbocycles. The third-order valence-corrected chi connectivity index (χ3v) is 6.64. The molecule has 1 fully saturated rings. The van der Waals surface area contributed by atoms with Crippen LogP contribution >= 0.6 is 0 Å². The van der Waals surface area contributed by atoms with Gasteiger partial charge >= 0.3 is 6.03 Å². The van der Waals surface area contributed by atoms with Crippen LogP contribution < -0.4 is 21.1 Å². The lowest BCUT2D eigenvalue weighted by Gasteiger charge is -2.20. The highest BCUT2D eigenvalue weighted by atomic mass is 16.2. The first kappa shape index (κ1) is 20.3. The van der Waals surface area contributed by atoms with Crippen LogP contribution in [0.3, 0.4) is 0 Å². The van der Waals surface area contributed by atoms with Crippen molar-refractivity contribution < 1.29 is 9.59 Å². The van der Waals surface area contributed by atoms with E-state index >= 15 is 0 Å². The molecule has 3 amide bonds. The minimum absolute atomic E-state index is 0.311. The SMILES string of the molecule is C1=c2ccc3c(c2CCC1)CC=c1ccccc1=3.CC1(c2ccccc2)NC(=O)NC1=O. The summed E-state index contributed by atoms with van der Waals surface area (Å²) in [4.78, 5) is 22.5. The summed E-state index contributed by atoms with van der Waals surface area (Å²) in [7, 11) is 0. The van der Waals surface area contributed by atoms with Crippen LogP contribution in [0.4, 0.5) is 4.79 Å². The second kappa shape index (κ2) is 8.12. The van der Waals surface area contributed by atoms with E-state index in [2.05, 4.69) is 59.2 Å². The molecular weight excluding hydrogens is 396 g/mol. The molecule has 3 aromatic carbocycles. The van der Waals surface area contributed by atoms with Gasteiger partial charge in [0.25, 0.3) is 5.91 Å². The van der Waals surface area contributed by atoms with Crippen LogP contribution in [0.15, 0.2) is 66.7 Å². The first-order valence-electron chi connectivity index (χ1n) is 11.2. The number of benzene rings is 3. The number of nitrogens with one attached hydrogen (secondary N) is 2. The Labute approximate surface area is 187 Å². The Bertz CT molecular complexity index is 1430. The molecule has 3 aliphatic rings. The summed E-state index contributed by atoms with van der Waals surface area (Å²) in [5.74, 6) is -0.311. The summed E-state index contributed by atoms with van der Waals surface area (Å²) in [6.45, 7) is 1.68. The molecule has 2 N–H and O–H groups in total. The molecule has 0 radical (unpaired) electrons. The van der Waals surface area contributed by atoms with E-state index in [1.54, 1.807) is 18.1 Å². The Kier molecular flexibility index (Phi) is 5.14. The Morgan fingerprint density at radius 3 is 2.34 bits per heavy atom. The minimum Gasteiger partial charge on any atom is -0.320 e. The van der Waals surface area contributed by atoms with Gasteiger partial charge in [-0.2, -0.15) is 0 Å². The molecule has 3 aromatic rings. The zero-order chi connectivity index (χ0) is 22.1. The maximum atomic E-state index is 11.5. The van der Waals surface area contributed by atoms with Gasteiger partial charge in [-0.1, -0.05) is 78.9 Å². The lowest BCUT2D eigenvalue weighted by atomic mass is 9.89. The van der Waals surface area contributed by atoms with Gasteiger partial charge in [0.15, 0.2) is 0 Å². The van der Waals surface area contributed by atoms with Crippen molar-refractivity contribution in [2.75, 3.05) is 0 Å². The highest BCUT2D eigenvalue weighted by Crippen LogP contribution is 2.23. The number of imide groups is 1. The summed E-state index contributed by atoms with van der Waals surface area (Å²) in [5, 5.41) is 10.6. The molecule has 1 saturated heterocycles. The van der Waals surface area contributed by atoms with Gasteiger partial charge in [-0.25, -0.2) is 4.79 Å². The summed E-state index contributed by atoms with van der Waals surface area (Å²) in [6.07, 6.45) is 9.69. The number of amides is 3. The Morgan fingerprint density at radius 2 is 1.56 bits per heavy atom. The Balaban J connectivity index is 0.000000140. The van der Waals surface area contributed by atoms with Crippen LogP contribution in [0.25, 0.3) is 12.2 Å². The average molecular weight is 423 g/mol. The molecule has 0 spiro atoms. The molecule has 0 bridgehead atoms. The van der Waals surface area contributed by atoms with Crippen molar-refractivity contribution in [2.24, 2.45) is 0 Å². The summed E-state index contributed by atoms with van der Waals surface area (Å²) in [5.41, 5.74) is 3.02. The average Bonchev–Trinajstić information content (AvgIpc) is 3.11. The molecule has 1 atom stereocenters. The molecule has 2 aliphatic carbocycles. The fourth-order valence-corrected chi connectivity index (χ4v) is 4.87. The molecular formula is C28H26N2O2. The van der Waals surface area contributed by atoms with Crippen molar-refractivity contribution in [1.82, 2.24) is 10.6 Å². The molecule has 4 heteroatoms. The molecule has 160 valence electrons. The van der Waals surface area contributed by atoms with Gasteiger partial charge < -0.3 is 5.32 Å². The predicted molar refractivity (Wildman–Crippen MR) is 126 cm³/mol. The highest BCUT2D eigenvalue weighted by Gasteiger charge is 2.43. The maximum absolute atomic E-state index is 11.5.